The van der Waals surface area contributed by atoms with Crippen molar-refractivity contribution < 1.29 is 4.74 Å². The van der Waals surface area contributed by atoms with E-state index in [0.717, 1.165) is 11.8 Å². The molecule has 15 heavy (non-hydrogen) atoms. The molecule has 0 aliphatic heterocycles. The van der Waals surface area contributed by atoms with E-state index in [4.69, 9.17) is 45.4 Å². The van der Waals surface area contributed by atoms with Crippen molar-refractivity contribution >= 4 is 52.2 Å². The summed E-state index contributed by atoms with van der Waals surface area (Å²) in [5.74, 6) is 0.189. The first-order valence-corrected chi connectivity index (χ1v) is 5.93. The zero-order chi connectivity index (χ0) is 11.3. The number of rotatable bonds is 3. The highest BCUT2D eigenvalue weighted by atomic mass is 35.5. The number of thiocarbonyl (C=S) groups is 1. The Morgan fingerprint density at radius 1 is 1.53 bits per heavy atom. The lowest BCUT2D eigenvalue weighted by molar-refractivity contribution is 0.394. The third kappa shape index (κ3) is 3.88. The highest BCUT2D eigenvalue weighted by Gasteiger charge is 2.07. The highest BCUT2D eigenvalue weighted by Crippen LogP contribution is 2.22. The Hall–Kier alpha value is -0.470. The lowest BCUT2D eigenvalue weighted by Gasteiger charge is -2.06. The van der Waals surface area contributed by atoms with Crippen LogP contribution in [0.25, 0.3) is 0 Å². The third-order valence-electron chi connectivity index (χ3n) is 1.46. The first-order valence-electron chi connectivity index (χ1n) is 3.78. The van der Waals surface area contributed by atoms with Crippen molar-refractivity contribution in [1.82, 2.24) is 0 Å². The van der Waals surface area contributed by atoms with E-state index in [1.54, 1.807) is 18.2 Å². The van der Waals surface area contributed by atoms with Gasteiger partial charge in [0.1, 0.15) is 11.3 Å². The molecule has 2 nitrogen and oxygen atoms in total. The summed E-state index contributed by atoms with van der Waals surface area (Å²) in [6.07, 6.45) is 0. The van der Waals surface area contributed by atoms with Gasteiger partial charge in [-0.05, 0) is 42.2 Å². The van der Waals surface area contributed by atoms with Crippen molar-refractivity contribution in [2.24, 2.45) is 0 Å². The lowest BCUT2D eigenvalue weighted by atomic mass is 10.2. The van der Waals surface area contributed by atoms with Gasteiger partial charge in [0.2, 0.25) is 0 Å². The Bertz CT molecular complexity index is 417. The van der Waals surface area contributed by atoms with Gasteiger partial charge in [-0.15, -0.1) is 0 Å². The number of thioether (sulfide) groups is 1. The molecule has 0 amide bonds. The van der Waals surface area contributed by atoms with Gasteiger partial charge in [0, 0.05) is 10.6 Å². The number of benzene rings is 1. The molecule has 0 bridgehead atoms. The lowest BCUT2D eigenvalue weighted by Crippen LogP contribution is -2.03. The molecule has 0 heterocycles. The Morgan fingerprint density at radius 3 is 2.87 bits per heavy atom. The summed E-state index contributed by atoms with van der Waals surface area (Å²) in [4.78, 5) is 0. The first kappa shape index (κ1) is 12.6. The Balaban J connectivity index is 2.70. The smallest absolute Gasteiger partial charge is 0.193 e. The first-order chi connectivity index (χ1) is 7.15. The van der Waals surface area contributed by atoms with Crippen LogP contribution in [0, 0.1) is 10.7 Å². The molecule has 0 aliphatic carbocycles. The van der Waals surface area contributed by atoms with Gasteiger partial charge < -0.3 is 4.74 Å². The molecule has 78 valence electrons. The molecule has 0 spiro atoms. The van der Waals surface area contributed by atoms with Crippen LogP contribution in [-0.2, 0) is 4.74 Å². The van der Waals surface area contributed by atoms with Gasteiger partial charge in [0.15, 0.2) is 5.05 Å². The number of nitriles is 1. The van der Waals surface area contributed by atoms with Crippen molar-refractivity contribution in [3.63, 3.8) is 0 Å². The molecule has 0 unspecified atom stereocenters. The Labute approximate surface area is 107 Å². The summed E-state index contributed by atoms with van der Waals surface area (Å²) in [7, 11) is 0. The summed E-state index contributed by atoms with van der Waals surface area (Å²) in [5.41, 5.74) is 0.606. The summed E-state index contributed by atoms with van der Waals surface area (Å²) in [6, 6.07) is 4.95. The predicted octanol–water partition coefficient (Wildman–Crippen LogP) is 3.86. The Kier molecular flexibility index (Phi) is 5.20. The SMILES string of the molecule is N#CSCOC(=S)c1ccc(Cl)cc1Cl. The fourth-order valence-corrected chi connectivity index (χ4v) is 1.93. The van der Waals surface area contributed by atoms with Crippen LogP contribution in [0.1, 0.15) is 5.56 Å². The molecular formula is C9H5Cl2NOS2. The quantitative estimate of drug-likeness (QED) is 0.364. The maximum absolute atomic E-state index is 8.29. The molecule has 0 N–H and O–H groups in total. The number of nitrogens with zero attached hydrogens (tertiary/aromatic N) is 1. The maximum atomic E-state index is 8.29. The van der Waals surface area contributed by atoms with Gasteiger partial charge in [-0.25, -0.2) is 0 Å². The van der Waals surface area contributed by atoms with Crippen molar-refractivity contribution in [2.45, 2.75) is 0 Å². The van der Waals surface area contributed by atoms with Crippen LogP contribution in [0.3, 0.4) is 0 Å². The van der Waals surface area contributed by atoms with Gasteiger partial charge in [-0.2, -0.15) is 5.26 Å². The Morgan fingerprint density at radius 2 is 2.27 bits per heavy atom. The molecule has 0 aromatic heterocycles. The molecule has 1 aromatic rings. The molecule has 0 aliphatic rings. The van der Waals surface area contributed by atoms with Gasteiger partial charge >= 0.3 is 0 Å². The molecule has 1 rings (SSSR count). The van der Waals surface area contributed by atoms with Crippen LogP contribution < -0.4 is 0 Å². The van der Waals surface area contributed by atoms with E-state index >= 15 is 0 Å². The topological polar surface area (TPSA) is 33.0 Å². The van der Waals surface area contributed by atoms with Crippen molar-refractivity contribution in [1.29, 1.82) is 5.26 Å². The van der Waals surface area contributed by atoms with Crippen LogP contribution in [0.5, 0.6) is 0 Å². The largest absolute Gasteiger partial charge is 0.471 e. The number of hydrogen-bond donors (Lipinski definition) is 0. The van der Waals surface area contributed by atoms with Crippen LogP contribution in [0.2, 0.25) is 10.0 Å². The molecule has 0 fully saturated rings. The van der Waals surface area contributed by atoms with Crippen LogP contribution in [-0.4, -0.2) is 11.0 Å². The second kappa shape index (κ2) is 6.19. The zero-order valence-corrected chi connectivity index (χ0v) is 10.5. The molecular weight excluding hydrogens is 273 g/mol. The van der Waals surface area contributed by atoms with E-state index in [0.29, 0.717) is 15.6 Å². The number of thiocyanates is 1. The predicted molar refractivity (Wildman–Crippen MR) is 67.3 cm³/mol. The fourth-order valence-electron chi connectivity index (χ4n) is 0.842. The van der Waals surface area contributed by atoms with E-state index < -0.39 is 0 Å². The molecule has 0 radical (unpaired) electrons. The minimum Gasteiger partial charge on any atom is -0.471 e. The van der Waals surface area contributed by atoms with Crippen molar-refractivity contribution in [3.8, 4) is 5.40 Å². The highest BCUT2D eigenvalue weighted by molar-refractivity contribution is 8.03. The van der Waals surface area contributed by atoms with Gasteiger partial charge in [-0.3, -0.25) is 0 Å². The van der Waals surface area contributed by atoms with Crippen LogP contribution in [0.15, 0.2) is 18.2 Å². The minimum atomic E-state index is 0.189. The normalized spacial score (nSPS) is 9.40. The van der Waals surface area contributed by atoms with Gasteiger partial charge in [-0.1, -0.05) is 23.2 Å². The summed E-state index contributed by atoms with van der Waals surface area (Å²) >= 11 is 17.6. The second-order valence-corrected chi connectivity index (χ2v) is 4.33. The van der Waals surface area contributed by atoms with Gasteiger partial charge in [0.25, 0.3) is 0 Å². The number of ether oxygens (including phenoxy) is 1. The zero-order valence-electron chi connectivity index (χ0n) is 7.37. The molecule has 0 atom stereocenters. The van der Waals surface area contributed by atoms with Crippen molar-refractivity contribution in [2.75, 3.05) is 5.94 Å². The summed E-state index contributed by atoms with van der Waals surface area (Å²) < 4.78 is 5.13. The monoisotopic (exact) mass is 277 g/mol. The molecule has 1 aromatic carbocycles. The van der Waals surface area contributed by atoms with E-state index in [9.17, 15) is 0 Å². The van der Waals surface area contributed by atoms with Crippen molar-refractivity contribution in [3.05, 3.63) is 33.8 Å². The molecule has 6 heteroatoms. The maximum Gasteiger partial charge on any atom is 0.193 e. The van der Waals surface area contributed by atoms with E-state index in [1.807, 2.05) is 5.40 Å². The van der Waals surface area contributed by atoms with E-state index in [1.165, 1.54) is 0 Å². The minimum absolute atomic E-state index is 0.189. The molecule has 0 saturated carbocycles. The number of halogens is 2. The fraction of sp³-hybridized carbons (Fsp3) is 0.111. The van der Waals surface area contributed by atoms with Crippen LogP contribution in [0.4, 0.5) is 0 Å². The second-order valence-electron chi connectivity index (χ2n) is 2.41. The standard InChI is InChI=1S/C9H5Cl2NOS2/c10-6-1-2-7(8(11)3-6)9(14)13-5-15-4-12/h1-3H,5H2. The van der Waals surface area contributed by atoms with E-state index in [2.05, 4.69) is 0 Å². The third-order valence-corrected chi connectivity index (χ3v) is 2.71. The summed E-state index contributed by atoms with van der Waals surface area (Å²) in [6.45, 7) is 0. The summed E-state index contributed by atoms with van der Waals surface area (Å²) in [5, 5.41) is 11.4. The van der Waals surface area contributed by atoms with Crippen LogP contribution >= 0.6 is 47.2 Å². The molecule has 0 saturated heterocycles. The van der Waals surface area contributed by atoms with Gasteiger partial charge in [0.05, 0.1) is 5.02 Å². The average Bonchev–Trinajstić information content (AvgIpc) is 2.17. The number of hydrogen-bond acceptors (Lipinski definition) is 4. The van der Waals surface area contributed by atoms with E-state index in [-0.39, 0.29) is 11.0 Å². The average molecular weight is 278 g/mol.